The van der Waals surface area contributed by atoms with Crippen molar-refractivity contribution in [1.82, 2.24) is 4.90 Å². The monoisotopic (exact) mass is 353 g/mol. The smallest absolute Gasteiger partial charge is 0.309 e. The van der Waals surface area contributed by atoms with Gasteiger partial charge in [0.2, 0.25) is 0 Å². The molecule has 0 spiro atoms. The Bertz CT molecular complexity index is 399. The molecule has 0 radical (unpaired) electrons. The fourth-order valence-corrected chi connectivity index (χ4v) is 3.54. The predicted molar refractivity (Wildman–Crippen MR) is 102 cm³/mol. The van der Waals surface area contributed by atoms with Gasteiger partial charge in [-0.2, -0.15) is 0 Å². The Morgan fingerprint density at radius 2 is 1.68 bits per heavy atom. The third-order valence-electron chi connectivity index (χ3n) is 5.05. The Morgan fingerprint density at radius 3 is 2.24 bits per heavy atom. The molecule has 0 aromatic rings. The van der Waals surface area contributed by atoms with Crippen LogP contribution in [0, 0.1) is 17.8 Å². The van der Waals surface area contributed by atoms with Crippen molar-refractivity contribution in [2.24, 2.45) is 17.8 Å². The molecule has 0 saturated heterocycles. The van der Waals surface area contributed by atoms with Gasteiger partial charge >= 0.3 is 11.9 Å². The highest BCUT2D eigenvalue weighted by Gasteiger charge is 2.25. The van der Waals surface area contributed by atoms with Crippen molar-refractivity contribution < 1.29 is 19.1 Å². The lowest BCUT2D eigenvalue weighted by molar-refractivity contribution is -0.148. The van der Waals surface area contributed by atoms with Crippen LogP contribution in [0.2, 0.25) is 13.1 Å². The van der Waals surface area contributed by atoms with Crippen LogP contribution in [0.15, 0.2) is 0 Å². The Hall–Kier alpha value is -1.04. The van der Waals surface area contributed by atoms with Crippen LogP contribution in [-0.4, -0.2) is 57.5 Å². The zero-order valence-corrected chi connectivity index (χ0v) is 16.6. The Morgan fingerprint density at radius 1 is 1.08 bits per heavy atom. The number of hydrogen-bond acceptors (Lipinski definition) is 5. The topological polar surface area (TPSA) is 55.8 Å². The number of ether oxygens (including phenoxy) is 2. The summed E-state index contributed by atoms with van der Waals surface area (Å²) < 4.78 is 10.2. The van der Waals surface area contributed by atoms with Crippen LogP contribution in [-0.2, 0) is 19.1 Å². The molecule has 2 atom stereocenters. The molecule has 0 bridgehead atoms. The minimum absolute atomic E-state index is 0.132. The summed E-state index contributed by atoms with van der Waals surface area (Å²) in [6.07, 6.45) is 7.31. The number of rotatable bonds is 11. The summed E-state index contributed by atoms with van der Waals surface area (Å²) in [7, 11) is 2.45. The first-order valence-electron chi connectivity index (χ1n) is 9.94. The average Bonchev–Trinajstić information content (AvgIpc) is 2.61. The number of nitrogens with zero attached hydrogens (tertiary/aromatic N) is 1. The summed E-state index contributed by atoms with van der Waals surface area (Å²) >= 11 is 0. The first-order valence-corrected chi connectivity index (χ1v) is 9.94. The summed E-state index contributed by atoms with van der Waals surface area (Å²) in [6.45, 7) is 8.62. The number of methoxy groups -OCH3 is 1. The molecule has 0 unspecified atom stereocenters. The second-order valence-corrected chi connectivity index (χ2v) is 7.57. The van der Waals surface area contributed by atoms with Crippen molar-refractivity contribution in [3.8, 4) is 0 Å². The van der Waals surface area contributed by atoms with Crippen molar-refractivity contribution in [2.45, 2.75) is 59.1 Å². The summed E-state index contributed by atoms with van der Waals surface area (Å²) in [5.74, 6) is -0.0104. The van der Waals surface area contributed by atoms with Crippen LogP contribution in [0.4, 0.5) is 0 Å². The SMILES string of the molecule is CBCCOC(=O)[C@@H](C)CN(CC1CCCCC1)C[C@@H](C)C(=O)OC. The summed E-state index contributed by atoms with van der Waals surface area (Å²) in [5.41, 5.74) is 0. The van der Waals surface area contributed by atoms with E-state index in [-0.39, 0.29) is 23.8 Å². The van der Waals surface area contributed by atoms with Gasteiger partial charge in [-0.05, 0) is 25.1 Å². The van der Waals surface area contributed by atoms with Gasteiger partial charge in [0.1, 0.15) is 7.28 Å². The molecule has 144 valence electrons. The van der Waals surface area contributed by atoms with Crippen molar-refractivity contribution >= 4 is 19.2 Å². The minimum Gasteiger partial charge on any atom is -0.469 e. The van der Waals surface area contributed by atoms with E-state index in [9.17, 15) is 9.59 Å². The van der Waals surface area contributed by atoms with Crippen LogP contribution in [0.25, 0.3) is 0 Å². The van der Waals surface area contributed by atoms with E-state index < -0.39 is 0 Å². The molecule has 1 aliphatic carbocycles. The number of carbonyl (C=O) groups excluding carboxylic acids is 2. The highest BCUT2D eigenvalue weighted by molar-refractivity contribution is 6.33. The van der Waals surface area contributed by atoms with Crippen molar-refractivity contribution in [1.29, 1.82) is 0 Å². The Balaban J connectivity index is 2.58. The van der Waals surface area contributed by atoms with E-state index in [1.807, 2.05) is 13.8 Å². The lowest BCUT2D eigenvalue weighted by Gasteiger charge is -2.32. The molecule has 0 aromatic heterocycles. The van der Waals surface area contributed by atoms with Crippen molar-refractivity contribution in [3.05, 3.63) is 0 Å². The molecule has 0 aromatic carbocycles. The summed E-state index contributed by atoms with van der Waals surface area (Å²) in [5, 5.41) is 0. The molecule has 25 heavy (non-hydrogen) atoms. The molecule has 0 N–H and O–H groups in total. The molecule has 0 amide bonds. The van der Waals surface area contributed by atoms with Gasteiger partial charge in [0.25, 0.3) is 0 Å². The molecular formula is C19H36BNO4. The molecule has 0 aliphatic heterocycles. The molecule has 5 nitrogen and oxygen atoms in total. The highest BCUT2D eigenvalue weighted by Crippen LogP contribution is 2.25. The summed E-state index contributed by atoms with van der Waals surface area (Å²) in [4.78, 5) is 26.2. The lowest BCUT2D eigenvalue weighted by Crippen LogP contribution is -2.40. The molecule has 6 heteroatoms. The summed E-state index contributed by atoms with van der Waals surface area (Å²) in [6, 6.07) is 0. The second-order valence-electron chi connectivity index (χ2n) is 7.57. The number of esters is 2. The van der Waals surface area contributed by atoms with E-state index in [2.05, 4.69) is 11.7 Å². The molecule has 0 heterocycles. The van der Waals surface area contributed by atoms with Crippen LogP contribution >= 0.6 is 0 Å². The van der Waals surface area contributed by atoms with Crippen LogP contribution in [0.3, 0.4) is 0 Å². The number of carbonyl (C=O) groups is 2. The molecule has 1 saturated carbocycles. The van der Waals surface area contributed by atoms with E-state index in [4.69, 9.17) is 9.47 Å². The van der Waals surface area contributed by atoms with Crippen LogP contribution < -0.4 is 0 Å². The fourth-order valence-electron chi connectivity index (χ4n) is 3.54. The van der Waals surface area contributed by atoms with Crippen molar-refractivity contribution in [3.63, 3.8) is 0 Å². The normalized spacial score (nSPS) is 17.8. The number of hydrogen-bond donors (Lipinski definition) is 0. The van der Waals surface area contributed by atoms with E-state index in [0.29, 0.717) is 25.6 Å². The quantitative estimate of drug-likeness (QED) is 0.325. The molecule has 1 rings (SSSR count). The zero-order chi connectivity index (χ0) is 18.7. The van der Waals surface area contributed by atoms with Crippen LogP contribution in [0.1, 0.15) is 46.0 Å². The van der Waals surface area contributed by atoms with E-state index in [1.165, 1.54) is 39.2 Å². The maximum atomic E-state index is 12.2. The van der Waals surface area contributed by atoms with Gasteiger partial charge in [-0.25, -0.2) is 0 Å². The standard InChI is InChI=1S/C19H36BNO4/c1-15(18(22)24-4)12-21(14-17-8-6-5-7-9-17)13-16(2)19(23)25-11-10-20-3/h15-17,20H,5-14H2,1-4H3/t15-,16+/m1/s1. The fraction of sp³-hybridized carbons (Fsp3) is 0.895. The first kappa shape index (κ1) is 22.0. The van der Waals surface area contributed by atoms with Crippen LogP contribution in [0.5, 0.6) is 0 Å². The first-order chi connectivity index (χ1) is 12.0. The molecule has 1 aliphatic rings. The van der Waals surface area contributed by atoms with Gasteiger partial charge in [0.15, 0.2) is 0 Å². The van der Waals surface area contributed by atoms with Crippen molar-refractivity contribution in [2.75, 3.05) is 33.4 Å². The second kappa shape index (κ2) is 12.3. The molecule has 1 fully saturated rings. The van der Waals surface area contributed by atoms with Gasteiger partial charge in [-0.15, -0.1) is 0 Å². The van der Waals surface area contributed by atoms with Gasteiger partial charge in [-0.3, -0.25) is 9.59 Å². The maximum absolute atomic E-state index is 12.2. The predicted octanol–water partition coefficient (Wildman–Crippen LogP) is 2.76. The minimum atomic E-state index is -0.188. The zero-order valence-electron chi connectivity index (χ0n) is 16.6. The van der Waals surface area contributed by atoms with Gasteiger partial charge in [0, 0.05) is 19.6 Å². The maximum Gasteiger partial charge on any atom is 0.309 e. The average molecular weight is 353 g/mol. The Labute approximate surface area is 154 Å². The van der Waals surface area contributed by atoms with Gasteiger partial charge in [0.05, 0.1) is 25.6 Å². The third kappa shape index (κ3) is 8.75. The molecular weight excluding hydrogens is 317 g/mol. The highest BCUT2D eigenvalue weighted by atomic mass is 16.5. The van der Waals surface area contributed by atoms with E-state index >= 15 is 0 Å². The van der Waals surface area contributed by atoms with E-state index in [0.717, 1.165) is 20.1 Å². The lowest BCUT2D eigenvalue weighted by atomic mass is 9.79. The van der Waals surface area contributed by atoms with E-state index in [1.54, 1.807) is 0 Å². The Kier molecular flexibility index (Phi) is 10.9. The van der Waals surface area contributed by atoms with Gasteiger partial charge < -0.3 is 14.4 Å². The third-order valence-corrected chi connectivity index (χ3v) is 5.05. The largest absolute Gasteiger partial charge is 0.469 e. The van der Waals surface area contributed by atoms with Gasteiger partial charge in [-0.1, -0.05) is 39.9 Å².